The maximum Gasteiger partial charge on any atom is 0.254 e. The quantitative estimate of drug-likeness (QED) is 0.754. The number of benzene rings is 1. The molecule has 0 atom stereocenters. The molecule has 0 unspecified atom stereocenters. The van der Waals surface area contributed by atoms with E-state index in [4.69, 9.17) is 0 Å². The second-order valence-electron chi connectivity index (χ2n) is 8.22. The number of aryl methyl sites for hydroxylation is 1. The Morgan fingerprint density at radius 2 is 1.89 bits per heavy atom. The van der Waals surface area contributed by atoms with E-state index >= 15 is 0 Å². The SMILES string of the molecule is CCc1ccc(Cc2cc3c(c(C)c2C)CN(C2CCCCC2)C3=O)cn1. The third-order valence-corrected chi connectivity index (χ3v) is 6.62. The largest absolute Gasteiger partial charge is 0.331 e. The van der Waals surface area contributed by atoms with Crippen molar-refractivity contribution in [1.82, 2.24) is 9.88 Å². The minimum atomic E-state index is 0.251. The monoisotopic (exact) mass is 362 g/mol. The Kier molecular flexibility index (Phi) is 5.03. The number of hydrogen-bond acceptors (Lipinski definition) is 2. The molecule has 3 heteroatoms. The van der Waals surface area contributed by atoms with Crippen molar-refractivity contribution < 1.29 is 4.79 Å². The molecule has 1 aliphatic carbocycles. The standard InChI is InChI=1S/C24H30N2O/c1-4-20-11-10-18(14-25-20)12-19-13-22-23(17(3)16(19)2)15-26(24(22)27)21-8-6-5-7-9-21/h10-11,13-14,21H,4-9,12,15H2,1-3H3. The molecule has 27 heavy (non-hydrogen) atoms. The minimum Gasteiger partial charge on any atom is -0.331 e. The molecule has 0 spiro atoms. The van der Waals surface area contributed by atoms with Crippen LogP contribution in [0.4, 0.5) is 0 Å². The number of nitrogens with zero attached hydrogens (tertiary/aromatic N) is 2. The Hall–Kier alpha value is -2.16. The smallest absolute Gasteiger partial charge is 0.254 e. The number of fused-ring (bicyclic) bond motifs is 1. The lowest BCUT2D eigenvalue weighted by Crippen LogP contribution is -2.36. The summed E-state index contributed by atoms with van der Waals surface area (Å²) in [6, 6.07) is 6.88. The van der Waals surface area contributed by atoms with Gasteiger partial charge >= 0.3 is 0 Å². The summed E-state index contributed by atoms with van der Waals surface area (Å²) in [5, 5.41) is 0. The summed E-state index contributed by atoms with van der Waals surface area (Å²) >= 11 is 0. The Labute approximate surface area is 162 Å². The number of carbonyl (C=O) groups excluding carboxylic acids is 1. The lowest BCUT2D eigenvalue weighted by molar-refractivity contribution is 0.0660. The van der Waals surface area contributed by atoms with Crippen molar-refractivity contribution in [2.24, 2.45) is 0 Å². The van der Waals surface area contributed by atoms with Crippen LogP contribution in [-0.4, -0.2) is 21.8 Å². The first-order valence-corrected chi connectivity index (χ1v) is 10.4. The molecule has 1 amide bonds. The van der Waals surface area contributed by atoms with Gasteiger partial charge in [-0.2, -0.15) is 0 Å². The summed E-state index contributed by atoms with van der Waals surface area (Å²) in [5.41, 5.74) is 8.42. The summed E-state index contributed by atoms with van der Waals surface area (Å²) in [4.78, 5) is 19.8. The first-order valence-electron chi connectivity index (χ1n) is 10.4. The maximum absolute atomic E-state index is 13.2. The van der Waals surface area contributed by atoms with E-state index < -0.39 is 0 Å². The molecule has 1 aromatic carbocycles. The third-order valence-electron chi connectivity index (χ3n) is 6.62. The third kappa shape index (κ3) is 3.40. The number of amides is 1. The number of carbonyl (C=O) groups is 1. The van der Waals surface area contributed by atoms with Crippen LogP contribution in [0.1, 0.15) is 82.9 Å². The predicted molar refractivity (Wildman–Crippen MR) is 109 cm³/mol. The van der Waals surface area contributed by atoms with Crippen LogP contribution in [0.15, 0.2) is 24.4 Å². The topological polar surface area (TPSA) is 33.2 Å². The first kappa shape index (κ1) is 18.2. The molecule has 0 radical (unpaired) electrons. The van der Waals surface area contributed by atoms with Crippen molar-refractivity contribution >= 4 is 5.91 Å². The number of aromatic nitrogens is 1. The lowest BCUT2D eigenvalue weighted by atomic mass is 9.91. The molecule has 1 fully saturated rings. The summed E-state index contributed by atoms with van der Waals surface area (Å²) in [5.74, 6) is 0.251. The zero-order valence-corrected chi connectivity index (χ0v) is 16.8. The van der Waals surface area contributed by atoms with Gasteiger partial charge in [0.05, 0.1) is 0 Å². The lowest BCUT2D eigenvalue weighted by Gasteiger charge is -2.30. The normalized spacial score (nSPS) is 17.4. The molecule has 0 saturated heterocycles. The second kappa shape index (κ2) is 7.46. The Balaban J connectivity index is 1.62. The molecule has 1 aromatic heterocycles. The Morgan fingerprint density at radius 3 is 2.56 bits per heavy atom. The molecule has 1 aliphatic heterocycles. The van der Waals surface area contributed by atoms with Crippen molar-refractivity contribution in [3.05, 3.63) is 63.5 Å². The van der Waals surface area contributed by atoms with E-state index in [9.17, 15) is 4.79 Å². The minimum absolute atomic E-state index is 0.251. The van der Waals surface area contributed by atoms with Gasteiger partial charge in [-0.15, -0.1) is 0 Å². The zero-order chi connectivity index (χ0) is 19.0. The molecule has 1 saturated carbocycles. The summed E-state index contributed by atoms with van der Waals surface area (Å²) < 4.78 is 0. The van der Waals surface area contributed by atoms with E-state index in [2.05, 4.69) is 48.9 Å². The van der Waals surface area contributed by atoms with Crippen LogP contribution in [-0.2, 0) is 19.4 Å². The number of pyridine rings is 1. The van der Waals surface area contributed by atoms with E-state index in [1.807, 2.05) is 6.20 Å². The first-order chi connectivity index (χ1) is 13.1. The highest BCUT2D eigenvalue weighted by Gasteiger charge is 2.35. The average molecular weight is 363 g/mol. The Bertz CT molecular complexity index is 848. The van der Waals surface area contributed by atoms with E-state index in [1.165, 1.54) is 59.9 Å². The highest BCUT2D eigenvalue weighted by molar-refractivity contribution is 5.99. The summed E-state index contributed by atoms with van der Waals surface area (Å²) in [6.45, 7) is 7.32. The van der Waals surface area contributed by atoms with Gasteiger partial charge in [-0.25, -0.2) is 0 Å². The van der Waals surface area contributed by atoms with Gasteiger partial charge in [-0.1, -0.05) is 32.3 Å². The summed E-state index contributed by atoms with van der Waals surface area (Å²) in [7, 11) is 0. The van der Waals surface area contributed by atoms with Gasteiger partial charge < -0.3 is 4.90 Å². The van der Waals surface area contributed by atoms with E-state index in [-0.39, 0.29) is 5.91 Å². The molecule has 3 nitrogen and oxygen atoms in total. The number of hydrogen-bond donors (Lipinski definition) is 0. The molecule has 2 heterocycles. The maximum atomic E-state index is 13.2. The van der Waals surface area contributed by atoms with Gasteiger partial charge in [0, 0.05) is 30.0 Å². The molecule has 142 valence electrons. The van der Waals surface area contributed by atoms with Gasteiger partial charge in [0.15, 0.2) is 0 Å². The van der Waals surface area contributed by atoms with Crippen LogP contribution in [0, 0.1) is 13.8 Å². The van der Waals surface area contributed by atoms with Crippen molar-refractivity contribution in [1.29, 1.82) is 0 Å². The average Bonchev–Trinajstić information content (AvgIpc) is 3.04. The van der Waals surface area contributed by atoms with Crippen molar-refractivity contribution in [3.63, 3.8) is 0 Å². The molecular weight excluding hydrogens is 332 g/mol. The van der Waals surface area contributed by atoms with Crippen molar-refractivity contribution in [2.45, 2.75) is 78.3 Å². The summed E-state index contributed by atoms with van der Waals surface area (Å²) in [6.07, 6.45) is 9.95. The van der Waals surface area contributed by atoms with Crippen LogP contribution < -0.4 is 0 Å². The molecule has 0 N–H and O–H groups in total. The highest BCUT2D eigenvalue weighted by atomic mass is 16.2. The van der Waals surface area contributed by atoms with Gasteiger partial charge in [0.1, 0.15) is 0 Å². The fourth-order valence-electron chi connectivity index (χ4n) is 4.69. The zero-order valence-electron chi connectivity index (χ0n) is 16.8. The Morgan fingerprint density at radius 1 is 1.11 bits per heavy atom. The highest BCUT2D eigenvalue weighted by Crippen LogP contribution is 2.35. The molecular formula is C24H30N2O. The fraction of sp³-hybridized carbons (Fsp3) is 0.500. The van der Waals surface area contributed by atoms with E-state index in [0.717, 1.165) is 30.6 Å². The predicted octanol–water partition coefficient (Wildman–Crippen LogP) is 5.14. The van der Waals surface area contributed by atoms with E-state index in [1.54, 1.807) is 0 Å². The van der Waals surface area contributed by atoms with Gasteiger partial charge in [-0.05, 0) is 79.5 Å². The fourth-order valence-corrected chi connectivity index (χ4v) is 4.69. The molecule has 2 aromatic rings. The van der Waals surface area contributed by atoms with Crippen LogP contribution in [0.3, 0.4) is 0 Å². The van der Waals surface area contributed by atoms with Gasteiger partial charge in [-0.3, -0.25) is 9.78 Å². The number of rotatable bonds is 4. The van der Waals surface area contributed by atoms with Crippen LogP contribution in [0.2, 0.25) is 0 Å². The second-order valence-corrected chi connectivity index (χ2v) is 8.22. The molecule has 0 bridgehead atoms. The van der Waals surface area contributed by atoms with Crippen molar-refractivity contribution in [3.8, 4) is 0 Å². The van der Waals surface area contributed by atoms with Gasteiger partial charge in [0.2, 0.25) is 0 Å². The van der Waals surface area contributed by atoms with Gasteiger partial charge in [0.25, 0.3) is 5.91 Å². The van der Waals surface area contributed by atoms with Crippen LogP contribution in [0.5, 0.6) is 0 Å². The van der Waals surface area contributed by atoms with E-state index in [0.29, 0.717) is 6.04 Å². The molecule has 2 aliphatic rings. The molecule has 4 rings (SSSR count). The van der Waals surface area contributed by atoms with Crippen LogP contribution >= 0.6 is 0 Å². The van der Waals surface area contributed by atoms with Crippen molar-refractivity contribution in [2.75, 3.05) is 0 Å². The van der Waals surface area contributed by atoms with Crippen LogP contribution in [0.25, 0.3) is 0 Å².